The summed E-state index contributed by atoms with van der Waals surface area (Å²) in [4.78, 5) is 15.7. The van der Waals surface area contributed by atoms with Crippen molar-refractivity contribution < 1.29 is 9.53 Å². The molecule has 0 aromatic heterocycles. The molecule has 0 radical (unpaired) electrons. The highest BCUT2D eigenvalue weighted by molar-refractivity contribution is 14.0. The molecular weight excluding hydrogens is 383 g/mol. The fourth-order valence-corrected chi connectivity index (χ4v) is 2.81. The van der Waals surface area contributed by atoms with Gasteiger partial charge in [0.15, 0.2) is 5.96 Å². The zero-order valence-electron chi connectivity index (χ0n) is 12.9. The Kier molecular flexibility index (Phi) is 8.31. The van der Waals surface area contributed by atoms with Gasteiger partial charge in [0.2, 0.25) is 5.91 Å². The van der Waals surface area contributed by atoms with Crippen molar-refractivity contribution in [1.29, 1.82) is 0 Å². The highest BCUT2D eigenvalue weighted by Gasteiger charge is 2.41. The fraction of sp³-hybridized carbons (Fsp3) is 0.857. The number of aliphatic imine (C=N–C) groups is 1. The van der Waals surface area contributed by atoms with Crippen LogP contribution in [-0.4, -0.2) is 50.3 Å². The Morgan fingerprint density at radius 2 is 2.10 bits per heavy atom. The minimum absolute atomic E-state index is 0. The van der Waals surface area contributed by atoms with Crippen LogP contribution in [0, 0.1) is 0 Å². The lowest BCUT2D eigenvalue weighted by Crippen LogP contribution is -2.48. The van der Waals surface area contributed by atoms with Gasteiger partial charge in [-0.25, -0.2) is 0 Å². The quantitative estimate of drug-likeness (QED) is 0.347. The average molecular weight is 410 g/mol. The SMILES string of the molecule is CCCNC(=O)CCNC(=NC)NC1CC2CCC1O2.I. The van der Waals surface area contributed by atoms with Crippen LogP contribution in [0.25, 0.3) is 0 Å². The van der Waals surface area contributed by atoms with Gasteiger partial charge >= 0.3 is 0 Å². The van der Waals surface area contributed by atoms with Crippen molar-refractivity contribution in [3.05, 3.63) is 0 Å². The van der Waals surface area contributed by atoms with E-state index < -0.39 is 0 Å². The molecule has 2 fully saturated rings. The second-order valence-corrected chi connectivity index (χ2v) is 5.46. The molecule has 0 spiro atoms. The number of amides is 1. The first-order valence-corrected chi connectivity index (χ1v) is 7.62. The number of nitrogens with one attached hydrogen (secondary N) is 3. The summed E-state index contributed by atoms with van der Waals surface area (Å²) in [6.07, 6.45) is 5.57. The summed E-state index contributed by atoms with van der Waals surface area (Å²) in [5.41, 5.74) is 0. The van der Waals surface area contributed by atoms with Gasteiger partial charge < -0.3 is 20.7 Å². The molecule has 3 unspecified atom stereocenters. The van der Waals surface area contributed by atoms with Gasteiger partial charge in [0, 0.05) is 26.6 Å². The van der Waals surface area contributed by atoms with Crippen molar-refractivity contribution in [2.75, 3.05) is 20.1 Å². The molecule has 122 valence electrons. The Balaban J connectivity index is 0.00000220. The van der Waals surface area contributed by atoms with Crippen LogP contribution in [0.4, 0.5) is 0 Å². The van der Waals surface area contributed by atoms with Gasteiger partial charge in [0.25, 0.3) is 0 Å². The average Bonchev–Trinajstić information content (AvgIpc) is 3.06. The summed E-state index contributed by atoms with van der Waals surface area (Å²) < 4.78 is 5.81. The van der Waals surface area contributed by atoms with Crippen molar-refractivity contribution in [2.45, 2.75) is 57.3 Å². The van der Waals surface area contributed by atoms with Crippen molar-refractivity contribution in [2.24, 2.45) is 4.99 Å². The number of carbonyl (C=O) groups is 1. The second kappa shape index (κ2) is 9.45. The second-order valence-electron chi connectivity index (χ2n) is 5.46. The molecule has 2 bridgehead atoms. The first-order valence-electron chi connectivity index (χ1n) is 7.62. The standard InChI is InChI=1S/C14H26N4O2.HI/c1-3-7-16-13(19)6-8-17-14(15-2)18-11-9-10-4-5-12(11)20-10;/h10-12H,3-9H2,1-2H3,(H,16,19)(H2,15,17,18);1H. The Labute approximate surface area is 143 Å². The minimum Gasteiger partial charge on any atom is -0.373 e. The van der Waals surface area contributed by atoms with Gasteiger partial charge in [-0.1, -0.05) is 6.92 Å². The monoisotopic (exact) mass is 410 g/mol. The summed E-state index contributed by atoms with van der Waals surface area (Å²) in [5, 5.41) is 9.44. The molecule has 0 saturated carbocycles. The lowest BCUT2D eigenvalue weighted by atomic mass is 9.96. The van der Waals surface area contributed by atoms with Gasteiger partial charge in [-0.3, -0.25) is 9.79 Å². The van der Waals surface area contributed by atoms with E-state index in [2.05, 4.69) is 20.9 Å². The first kappa shape index (κ1) is 18.5. The number of carbonyl (C=O) groups excluding carboxylic acids is 1. The van der Waals surface area contributed by atoms with Gasteiger partial charge in [-0.2, -0.15) is 0 Å². The number of fused-ring (bicyclic) bond motifs is 2. The molecule has 0 aromatic carbocycles. The lowest BCUT2D eigenvalue weighted by molar-refractivity contribution is -0.120. The molecule has 1 amide bonds. The zero-order valence-corrected chi connectivity index (χ0v) is 15.2. The summed E-state index contributed by atoms with van der Waals surface area (Å²) in [6, 6.07) is 0.355. The van der Waals surface area contributed by atoms with E-state index >= 15 is 0 Å². The van der Waals surface area contributed by atoms with Crippen LogP contribution in [0.2, 0.25) is 0 Å². The van der Waals surface area contributed by atoms with E-state index in [1.54, 1.807) is 7.05 Å². The zero-order chi connectivity index (χ0) is 14.4. The molecule has 3 N–H and O–H groups in total. The third kappa shape index (κ3) is 5.61. The van der Waals surface area contributed by atoms with Crippen molar-refractivity contribution >= 4 is 35.8 Å². The van der Waals surface area contributed by atoms with E-state index in [4.69, 9.17) is 4.74 Å². The third-order valence-corrected chi connectivity index (χ3v) is 3.87. The number of guanidine groups is 1. The van der Waals surface area contributed by atoms with E-state index in [1.165, 1.54) is 6.42 Å². The highest BCUT2D eigenvalue weighted by atomic mass is 127. The highest BCUT2D eigenvalue weighted by Crippen LogP contribution is 2.34. The summed E-state index contributed by atoms with van der Waals surface area (Å²) in [6.45, 7) is 3.38. The smallest absolute Gasteiger partial charge is 0.221 e. The molecule has 0 aliphatic carbocycles. The number of hydrogen-bond donors (Lipinski definition) is 3. The maximum absolute atomic E-state index is 11.5. The molecule has 3 atom stereocenters. The minimum atomic E-state index is 0. The third-order valence-electron chi connectivity index (χ3n) is 3.87. The number of nitrogens with zero attached hydrogens (tertiary/aromatic N) is 1. The largest absolute Gasteiger partial charge is 0.373 e. The Morgan fingerprint density at radius 3 is 2.67 bits per heavy atom. The summed E-state index contributed by atoms with van der Waals surface area (Å²) >= 11 is 0. The van der Waals surface area contributed by atoms with Crippen LogP contribution in [0.15, 0.2) is 4.99 Å². The summed E-state index contributed by atoms with van der Waals surface area (Å²) in [7, 11) is 1.75. The molecule has 2 rings (SSSR count). The van der Waals surface area contributed by atoms with Crippen molar-refractivity contribution in [3.63, 3.8) is 0 Å². The van der Waals surface area contributed by atoms with Crippen LogP contribution in [0.5, 0.6) is 0 Å². The van der Waals surface area contributed by atoms with Crippen LogP contribution in [0.3, 0.4) is 0 Å². The van der Waals surface area contributed by atoms with Gasteiger partial charge in [-0.05, 0) is 25.7 Å². The van der Waals surface area contributed by atoms with Gasteiger partial charge in [0.05, 0.1) is 18.2 Å². The summed E-state index contributed by atoms with van der Waals surface area (Å²) in [5.74, 6) is 0.840. The van der Waals surface area contributed by atoms with E-state index in [-0.39, 0.29) is 29.9 Å². The maximum atomic E-state index is 11.5. The number of hydrogen-bond acceptors (Lipinski definition) is 3. The number of ether oxygens (including phenoxy) is 1. The topological polar surface area (TPSA) is 74.8 Å². The van der Waals surface area contributed by atoms with Crippen molar-refractivity contribution in [1.82, 2.24) is 16.0 Å². The van der Waals surface area contributed by atoms with E-state index in [1.807, 2.05) is 6.92 Å². The van der Waals surface area contributed by atoms with Crippen LogP contribution in [0.1, 0.15) is 39.0 Å². The molecule has 7 heteroatoms. The van der Waals surface area contributed by atoms with E-state index in [0.29, 0.717) is 31.2 Å². The Bertz CT molecular complexity index is 365. The Morgan fingerprint density at radius 1 is 1.29 bits per heavy atom. The molecular formula is C14H27IN4O2. The van der Waals surface area contributed by atoms with Gasteiger partial charge in [0.1, 0.15) is 0 Å². The van der Waals surface area contributed by atoms with Crippen LogP contribution < -0.4 is 16.0 Å². The normalized spacial score (nSPS) is 27.1. The molecule has 6 nitrogen and oxygen atoms in total. The molecule has 2 aliphatic heterocycles. The fourth-order valence-electron chi connectivity index (χ4n) is 2.81. The molecule has 2 saturated heterocycles. The number of rotatable bonds is 6. The lowest BCUT2D eigenvalue weighted by Gasteiger charge is -2.22. The van der Waals surface area contributed by atoms with Crippen molar-refractivity contribution in [3.8, 4) is 0 Å². The van der Waals surface area contributed by atoms with Gasteiger partial charge in [-0.15, -0.1) is 24.0 Å². The van der Waals surface area contributed by atoms with Crippen LogP contribution >= 0.6 is 24.0 Å². The first-order chi connectivity index (χ1) is 9.72. The molecule has 2 heterocycles. The predicted molar refractivity (Wildman–Crippen MR) is 94.1 cm³/mol. The van der Waals surface area contributed by atoms with E-state index in [9.17, 15) is 4.79 Å². The molecule has 0 aromatic rings. The maximum Gasteiger partial charge on any atom is 0.221 e. The molecule has 21 heavy (non-hydrogen) atoms. The van der Waals surface area contributed by atoms with E-state index in [0.717, 1.165) is 31.8 Å². The number of halogens is 1. The molecule has 2 aliphatic rings. The van der Waals surface area contributed by atoms with Crippen LogP contribution in [-0.2, 0) is 9.53 Å². The Hall–Kier alpha value is -0.570. The predicted octanol–water partition coefficient (Wildman–Crippen LogP) is 1.01.